The summed E-state index contributed by atoms with van der Waals surface area (Å²) < 4.78 is 6.74. The van der Waals surface area contributed by atoms with Gasteiger partial charge in [0, 0.05) is 11.1 Å². The van der Waals surface area contributed by atoms with Gasteiger partial charge in [0.2, 0.25) is 0 Å². The molecule has 5 heteroatoms. The lowest BCUT2D eigenvalue weighted by molar-refractivity contribution is 0.0540. The fourth-order valence-electron chi connectivity index (χ4n) is 2.10. The first-order valence-corrected chi connectivity index (χ1v) is 6.28. The Hall–Kier alpha value is -2.30. The zero-order valence-corrected chi connectivity index (χ0v) is 11.9. The average molecular weight is 275 g/mol. The topological polar surface area (TPSA) is 68.5 Å². The summed E-state index contributed by atoms with van der Waals surface area (Å²) in [4.78, 5) is 23.4. The SMILES string of the molecule is Cc1cc2c(C(=O)O)cccc2n1C(=O)OC(C)(C)C. The van der Waals surface area contributed by atoms with Crippen molar-refractivity contribution >= 4 is 23.0 Å². The molecule has 0 saturated carbocycles. The number of carboxylic acid groups (broad SMARTS) is 1. The van der Waals surface area contributed by atoms with E-state index < -0.39 is 17.7 Å². The van der Waals surface area contributed by atoms with Gasteiger partial charge in [-0.05, 0) is 45.9 Å². The summed E-state index contributed by atoms with van der Waals surface area (Å²) in [6.45, 7) is 7.10. The normalized spacial score (nSPS) is 11.6. The number of rotatable bonds is 1. The van der Waals surface area contributed by atoms with Crippen molar-refractivity contribution in [2.45, 2.75) is 33.3 Å². The monoisotopic (exact) mass is 275 g/mol. The van der Waals surface area contributed by atoms with Crippen molar-refractivity contribution in [3.05, 3.63) is 35.5 Å². The van der Waals surface area contributed by atoms with E-state index in [0.29, 0.717) is 16.6 Å². The largest absolute Gasteiger partial charge is 0.478 e. The minimum Gasteiger partial charge on any atom is -0.478 e. The number of hydrogen-bond donors (Lipinski definition) is 1. The molecule has 5 nitrogen and oxygen atoms in total. The number of aromatic carboxylic acids is 1. The van der Waals surface area contributed by atoms with Gasteiger partial charge in [-0.25, -0.2) is 14.2 Å². The van der Waals surface area contributed by atoms with E-state index in [1.54, 1.807) is 45.9 Å². The number of carbonyl (C=O) groups excluding carboxylic acids is 1. The van der Waals surface area contributed by atoms with Crippen LogP contribution in [0.25, 0.3) is 10.9 Å². The molecule has 2 aromatic rings. The smallest absolute Gasteiger partial charge is 0.419 e. The Morgan fingerprint density at radius 3 is 2.45 bits per heavy atom. The molecule has 0 saturated heterocycles. The van der Waals surface area contributed by atoms with Crippen molar-refractivity contribution < 1.29 is 19.4 Å². The van der Waals surface area contributed by atoms with Gasteiger partial charge in [0.25, 0.3) is 0 Å². The summed E-state index contributed by atoms with van der Waals surface area (Å²) in [6, 6.07) is 6.52. The number of hydrogen-bond acceptors (Lipinski definition) is 3. The first-order chi connectivity index (χ1) is 9.20. The van der Waals surface area contributed by atoms with Gasteiger partial charge in [0.1, 0.15) is 5.60 Å². The van der Waals surface area contributed by atoms with Crippen molar-refractivity contribution in [2.75, 3.05) is 0 Å². The summed E-state index contributed by atoms with van der Waals surface area (Å²) in [6.07, 6.45) is -0.507. The van der Waals surface area contributed by atoms with Crippen molar-refractivity contribution in [1.82, 2.24) is 4.57 Å². The fraction of sp³-hybridized carbons (Fsp3) is 0.333. The summed E-state index contributed by atoms with van der Waals surface area (Å²) in [7, 11) is 0. The van der Waals surface area contributed by atoms with Crippen LogP contribution in [0.5, 0.6) is 0 Å². The maximum absolute atomic E-state index is 12.2. The standard InChI is InChI=1S/C15H17NO4/c1-9-8-11-10(13(17)18)6-5-7-12(11)16(9)14(19)20-15(2,3)4/h5-8H,1-4H3,(H,17,18). The van der Waals surface area contributed by atoms with Crippen molar-refractivity contribution in [1.29, 1.82) is 0 Å². The van der Waals surface area contributed by atoms with Crippen LogP contribution >= 0.6 is 0 Å². The molecular weight excluding hydrogens is 258 g/mol. The minimum absolute atomic E-state index is 0.174. The molecule has 0 amide bonds. The molecule has 0 unspecified atom stereocenters. The number of aryl methyl sites for hydroxylation is 1. The van der Waals surface area contributed by atoms with E-state index in [9.17, 15) is 14.7 Å². The number of aromatic nitrogens is 1. The summed E-state index contributed by atoms with van der Waals surface area (Å²) in [5, 5.41) is 9.71. The molecular formula is C15H17NO4. The highest BCUT2D eigenvalue weighted by Crippen LogP contribution is 2.24. The Kier molecular flexibility index (Phi) is 3.29. The second-order valence-electron chi connectivity index (χ2n) is 5.64. The quantitative estimate of drug-likeness (QED) is 0.865. The molecule has 0 aliphatic rings. The third-order valence-corrected chi connectivity index (χ3v) is 2.84. The Balaban J connectivity index is 2.61. The zero-order chi connectivity index (χ0) is 15.1. The highest BCUT2D eigenvalue weighted by molar-refractivity contribution is 6.05. The van der Waals surface area contributed by atoms with Crippen LogP contribution < -0.4 is 0 Å². The van der Waals surface area contributed by atoms with Gasteiger partial charge in [-0.1, -0.05) is 6.07 Å². The van der Waals surface area contributed by atoms with Crippen LogP contribution in [-0.2, 0) is 4.74 Å². The van der Waals surface area contributed by atoms with E-state index >= 15 is 0 Å². The van der Waals surface area contributed by atoms with Crippen molar-refractivity contribution in [3.8, 4) is 0 Å². The van der Waals surface area contributed by atoms with Crippen LogP contribution in [0.15, 0.2) is 24.3 Å². The predicted octanol–water partition coefficient (Wildman–Crippen LogP) is 3.43. The van der Waals surface area contributed by atoms with E-state index in [4.69, 9.17) is 4.74 Å². The van der Waals surface area contributed by atoms with Crippen LogP contribution in [0, 0.1) is 6.92 Å². The minimum atomic E-state index is -1.02. The van der Waals surface area contributed by atoms with Gasteiger partial charge < -0.3 is 9.84 Å². The zero-order valence-electron chi connectivity index (χ0n) is 11.9. The fourth-order valence-corrected chi connectivity index (χ4v) is 2.10. The van der Waals surface area contributed by atoms with Crippen LogP contribution in [-0.4, -0.2) is 27.3 Å². The van der Waals surface area contributed by atoms with Crippen molar-refractivity contribution in [2.24, 2.45) is 0 Å². The Bertz CT molecular complexity index is 692. The first kappa shape index (κ1) is 14.1. The van der Waals surface area contributed by atoms with E-state index in [1.165, 1.54) is 10.6 Å². The molecule has 0 bridgehead atoms. The highest BCUT2D eigenvalue weighted by atomic mass is 16.6. The van der Waals surface area contributed by atoms with E-state index in [0.717, 1.165) is 0 Å². The lowest BCUT2D eigenvalue weighted by atomic mass is 10.1. The number of nitrogens with zero attached hydrogens (tertiary/aromatic N) is 1. The number of carbonyl (C=O) groups is 2. The molecule has 20 heavy (non-hydrogen) atoms. The first-order valence-electron chi connectivity index (χ1n) is 6.28. The van der Waals surface area contributed by atoms with Gasteiger partial charge >= 0.3 is 12.1 Å². The molecule has 0 aliphatic heterocycles. The molecule has 106 valence electrons. The molecule has 2 rings (SSSR count). The van der Waals surface area contributed by atoms with Crippen LogP contribution in [0.2, 0.25) is 0 Å². The molecule has 0 spiro atoms. The third-order valence-electron chi connectivity index (χ3n) is 2.84. The summed E-state index contributed by atoms with van der Waals surface area (Å²) in [5.41, 5.74) is 0.748. The van der Waals surface area contributed by atoms with Crippen LogP contribution in [0.3, 0.4) is 0 Å². The lowest BCUT2D eigenvalue weighted by Crippen LogP contribution is -2.27. The van der Waals surface area contributed by atoms with Gasteiger partial charge in [-0.3, -0.25) is 0 Å². The van der Waals surface area contributed by atoms with Gasteiger partial charge in [0.15, 0.2) is 0 Å². The number of carboxylic acids is 1. The maximum atomic E-state index is 12.2. The number of ether oxygens (including phenoxy) is 1. The predicted molar refractivity (Wildman–Crippen MR) is 75.3 cm³/mol. The molecule has 0 radical (unpaired) electrons. The maximum Gasteiger partial charge on any atom is 0.419 e. The van der Waals surface area contributed by atoms with Gasteiger partial charge in [0.05, 0.1) is 11.1 Å². The van der Waals surface area contributed by atoms with Gasteiger partial charge in [-0.2, -0.15) is 0 Å². The molecule has 1 N–H and O–H groups in total. The van der Waals surface area contributed by atoms with E-state index in [-0.39, 0.29) is 5.56 Å². The Morgan fingerprint density at radius 1 is 1.25 bits per heavy atom. The third kappa shape index (κ3) is 2.52. The van der Waals surface area contributed by atoms with Gasteiger partial charge in [-0.15, -0.1) is 0 Å². The second kappa shape index (κ2) is 4.67. The summed E-state index contributed by atoms with van der Waals surface area (Å²) in [5.74, 6) is -1.02. The number of benzene rings is 1. The van der Waals surface area contributed by atoms with E-state index in [1.807, 2.05) is 0 Å². The highest BCUT2D eigenvalue weighted by Gasteiger charge is 2.22. The Morgan fingerprint density at radius 2 is 1.90 bits per heavy atom. The molecule has 1 heterocycles. The second-order valence-corrected chi connectivity index (χ2v) is 5.64. The molecule has 1 aromatic carbocycles. The Labute approximate surface area is 116 Å². The molecule has 0 aliphatic carbocycles. The lowest BCUT2D eigenvalue weighted by Gasteiger charge is -2.20. The molecule has 0 fully saturated rings. The van der Waals surface area contributed by atoms with Crippen molar-refractivity contribution in [3.63, 3.8) is 0 Å². The molecule has 1 aromatic heterocycles. The van der Waals surface area contributed by atoms with Crippen LogP contribution in [0.4, 0.5) is 4.79 Å². The van der Waals surface area contributed by atoms with E-state index in [2.05, 4.69) is 0 Å². The summed E-state index contributed by atoms with van der Waals surface area (Å²) >= 11 is 0. The number of fused-ring (bicyclic) bond motifs is 1. The molecule has 0 atom stereocenters. The van der Waals surface area contributed by atoms with Crippen LogP contribution in [0.1, 0.15) is 36.8 Å². The average Bonchev–Trinajstić information content (AvgIpc) is 2.61.